The molecule has 0 radical (unpaired) electrons. The Morgan fingerprint density at radius 3 is 2.44 bits per heavy atom. The molecule has 0 spiro atoms. The van der Waals surface area contributed by atoms with Crippen molar-refractivity contribution >= 4 is 32.2 Å². The number of benzene rings is 2. The summed E-state index contributed by atoms with van der Waals surface area (Å²) in [4.78, 5) is 22.3. The van der Waals surface area contributed by atoms with Gasteiger partial charge < -0.3 is 10.2 Å². The van der Waals surface area contributed by atoms with E-state index in [-0.39, 0.29) is 23.0 Å². The lowest BCUT2D eigenvalue weighted by molar-refractivity contribution is -0.137. The molecule has 8 nitrogen and oxygen atoms in total. The number of hydrogen-bond donors (Lipinski definition) is 1. The van der Waals surface area contributed by atoms with Gasteiger partial charge in [-0.1, -0.05) is 42.5 Å². The van der Waals surface area contributed by atoms with E-state index in [0.29, 0.717) is 35.2 Å². The van der Waals surface area contributed by atoms with Gasteiger partial charge >= 0.3 is 6.18 Å². The Hall–Kier alpha value is -3.47. The van der Waals surface area contributed by atoms with Crippen molar-refractivity contribution in [1.29, 1.82) is 5.26 Å². The minimum atomic E-state index is -4.35. The van der Waals surface area contributed by atoms with Crippen molar-refractivity contribution in [3.63, 3.8) is 0 Å². The number of halogens is 3. The zero-order chi connectivity index (χ0) is 29.6. The van der Waals surface area contributed by atoms with Crippen molar-refractivity contribution in [2.24, 2.45) is 0 Å². The molecule has 1 aliphatic rings. The maximum absolute atomic E-state index is 13.0. The third-order valence-electron chi connectivity index (χ3n) is 6.89. The van der Waals surface area contributed by atoms with E-state index in [9.17, 15) is 31.6 Å². The molecule has 2 heterocycles. The van der Waals surface area contributed by atoms with Crippen LogP contribution in [0.25, 0.3) is 0 Å². The van der Waals surface area contributed by atoms with E-state index >= 15 is 0 Å². The predicted molar refractivity (Wildman–Crippen MR) is 150 cm³/mol. The number of nitriles is 1. The maximum atomic E-state index is 13.0. The number of nitrogens with zero attached hydrogens (tertiary/aromatic N) is 4. The Morgan fingerprint density at radius 1 is 1.10 bits per heavy atom. The SMILES string of the molecule is CCS(=O)(=O)c1ccc(C(CC#N)NC(=O)c2cnc(N3CCCN(Cc4ccc(C(F)(F)F)cc4)CC3)s2)cc1. The van der Waals surface area contributed by atoms with Crippen LogP contribution in [0.5, 0.6) is 0 Å². The van der Waals surface area contributed by atoms with Crippen LogP contribution in [0.1, 0.15) is 52.2 Å². The number of nitrogens with one attached hydrogen (secondary N) is 1. The molecule has 1 aromatic heterocycles. The van der Waals surface area contributed by atoms with Crippen LogP contribution in [-0.4, -0.2) is 56.1 Å². The molecule has 3 aromatic rings. The normalized spacial score (nSPS) is 15.6. The van der Waals surface area contributed by atoms with Crippen molar-refractivity contribution in [2.75, 3.05) is 36.8 Å². The van der Waals surface area contributed by atoms with Crippen LogP contribution in [0.3, 0.4) is 0 Å². The molecule has 1 unspecified atom stereocenters. The molecule has 13 heteroatoms. The third kappa shape index (κ3) is 7.84. The summed E-state index contributed by atoms with van der Waals surface area (Å²) in [5, 5.41) is 12.9. The van der Waals surface area contributed by atoms with E-state index in [1.165, 1.54) is 41.8 Å². The first-order valence-electron chi connectivity index (χ1n) is 13.1. The highest BCUT2D eigenvalue weighted by Gasteiger charge is 2.30. The summed E-state index contributed by atoms with van der Waals surface area (Å²) in [7, 11) is -3.36. The number of thiazole rings is 1. The Morgan fingerprint density at radius 2 is 1.80 bits per heavy atom. The monoisotopic (exact) mass is 605 g/mol. The second-order valence-electron chi connectivity index (χ2n) is 9.68. The molecule has 4 rings (SSSR count). The highest BCUT2D eigenvalue weighted by atomic mass is 32.2. The first-order chi connectivity index (χ1) is 19.5. The molecule has 1 atom stereocenters. The molecule has 0 saturated carbocycles. The molecular weight excluding hydrogens is 575 g/mol. The van der Waals surface area contributed by atoms with Gasteiger partial charge in [-0.3, -0.25) is 9.69 Å². The van der Waals surface area contributed by atoms with Gasteiger partial charge in [-0.2, -0.15) is 18.4 Å². The van der Waals surface area contributed by atoms with Crippen molar-refractivity contribution < 1.29 is 26.4 Å². The van der Waals surface area contributed by atoms with Crippen LogP contribution in [0.2, 0.25) is 0 Å². The van der Waals surface area contributed by atoms with Gasteiger partial charge in [0.25, 0.3) is 5.91 Å². The fraction of sp³-hybridized carbons (Fsp3) is 0.393. The van der Waals surface area contributed by atoms with Gasteiger partial charge in [0, 0.05) is 32.7 Å². The minimum absolute atomic E-state index is 0.0121. The largest absolute Gasteiger partial charge is 0.416 e. The summed E-state index contributed by atoms with van der Waals surface area (Å²) in [6, 6.07) is 12.9. The summed E-state index contributed by atoms with van der Waals surface area (Å²) < 4.78 is 62.7. The van der Waals surface area contributed by atoms with Crippen molar-refractivity contribution in [2.45, 2.75) is 43.4 Å². The van der Waals surface area contributed by atoms with Gasteiger partial charge in [0.15, 0.2) is 15.0 Å². The van der Waals surface area contributed by atoms with Crippen LogP contribution in [-0.2, 0) is 22.6 Å². The van der Waals surface area contributed by atoms with Crippen molar-refractivity contribution in [3.05, 3.63) is 76.3 Å². The zero-order valence-corrected chi connectivity index (χ0v) is 24.0. The Bertz CT molecular complexity index is 1480. The number of anilines is 1. The fourth-order valence-corrected chi connectivity index (χ4v) is 6.30. The first kappa shape index (κ1) is 30.5. The zero-order valence-electron chi connectivity index (χ0n) is 22.4. The molecule has 1 saturated heterocycles. The molecule has 0 bridgehead atoms. The molecule has 41 heavy (non-hydrogen) atoms. The second kappa shape index (κ2) is 13.0. The number of carbonyl (C=O) groups is 1. The highest BCUT2D eigenvalue weighted by molar-refractivity contribution is 7.91. The molecule has 0 aliphatic carbocycles. The number of carbonyl (C=O) groups excluding carboxylic acids is 1. The number of hydrogen-bond acceptors (Lipinski definition) is 8. The molecular formula is C28H30F3N5O3S2. The quantitative estimate of drug-likeness (QED) is 0.364. The average molecular weight is 606 g/mol. The Balaban J connectivity index is 1.36. The van der Waals surface area contributed by atoms with E-state index in [1.807, 2.05) is 0 Å². The molecule has 1 N–H and O–H groups in total. The molecule has 2 aromatic carbocycles. The summed E-state index contributed by atoms with van der Waals surface area (Å²) in [6.07, 6.45) is -2.01. The van der Waals surface area contributed by atoms with Crippen LogP contribution < -0.4 is 10.2 Å². The average Bonchev–Trinajstić information content (AvgIpc) is 3.33. The smallest absolute Gasteiger partial charge is 0.347 e. The van der Waals surface area contributed by atoms with Crippen LogP contribution >= 0.6 is 11.3 Å². The van der Waals surface area contributed by atoms with Gasteiger partial charge in [0.1, 0.15) is 4.88 Å². The van der Waals surface area contributed by atoms with E-state index < -0.39 is 27.6 Å². The fourth-order valence-electron chi connectivity index (χ4n) is 4.54. The summed E-state index contributed by atoms with van der Waals surface area (Å²) in [5.74, 6) is -0.398. The lowest BCUT2D eigenvalue weighted by atomic mass is 10.0. The van der Waals surface area contributed by atoms with Crippen LogP contribution in [0.15, 0.2) is 59.6 Å². The van der Waals surface area contributed by atoms with Crippen molar-refractivity contribution in [3.8, 4) is 6.07 Å². The first-order valence-corrected chi connectivity index (χ1v) is 15.6. The number of sulfone groups is 1. The number of amides is 1. The molecule has 1 amide bonds. The second-order valence-corrected chi connectivity index (χ2v) is 13.0. The minimum Gasteiger partial charge on any atom is -0.347 e. The number of alkyl halides is 3. The Kier molecular flexibility index (Phi) is 9.68. The lowest BCUT2D eigenvalue weighted by Crippen LogP contribution is -2.30. The number of aromatic nitrogens is 1. The third-order valence-corrected chi connectivity index (χ3v) is 9.69. The van der Waals surface area contributed by atoms with Gasteiger partial charge in [0.2, 0.25) is 0 Å². The van der Waals surface area contributed by atoms with Crippen LogP contribution in [0, 0.1) is 11.3 Å². The molecule has 218 valence electrons. The van der Waals surface area contributed by atoms with Gasteiger partial charge in [-0.15, -0.1) is 0 Å². The van der Waals surface area contributed by atoms with Crippen LogP contribution in [0.4, 0.5) is 18.3 Å². The van der Waals surface area contributed by atoms with Gasteiger partial charge in [-0.05, 0) is 41.8 Å². The van der Waals surface area contributed by atoms with Gasteiger partial charge in [0.05, 0.1) is 40.9 Å². The number of rotatable bonds is 9. The molecule has 1 fully saturated rings. The predicted octanol–water partition coefficient (Wildman–Crippen LogP) is 5.05. The van der Waals surface area contributed by atoms with E-state index in [1.54, 1.807) is 19.1 Å². The van der Waals surface area contributed by atoms with Crippen molar-refractivity contribution in [1.82, 2.24) is 15.2 Å². The van der Waals surface area contributed by atoms with E-state index in [0.717, 1.165) is 37.2 Å². The van der Waals surface area contributed by atoms with E-state index in [4.69, 9.17) is 0 Å². The molecule has 1 aliphatic heterocycles. The topological polar surface area (TPSA) is 106 Å². The Labute approximate surface area is 241 Å². The highest BCUT2D eigenvalue weighted by Crippen LogP contribution is 2.30. The maximum Gasteiger partial charge on any atom is 0.416 e. The van der Waals surface area contributed by atoms with E-state index in [2.05, 4.69) is 26.2 Å². The van der Waals surface area contributed by atoms with Gasteiger partial charge in [-0.25, -0.2) is 13.4 Å². The lowest BCUT2D eigenvalue weighted by Gasteiger charge is -2.21. The summed E-state index contributed by atoms with van der Waals surface area (Å²) in [6.45, 7) is 4.96. The summed E-state index contributed by atoms with van der Waals surface area (Å²) >= 11 is 1.25. The summed E-state index contributed by atoms with van der Waals surface area (Å²) in [5.41, 5.74) is 0.778. The standard InChI is InChI=1S/C28H30F3N5O3S2/c1-2-41(38,39)23-10-6-21(7-11-23)24(12-13-32)34-26(37)25-18-33-27(40-25)36-15-3-14-35(16-17-36)19-20-4-8-22(9-5-20)28(29,30)31/h4-11,18,24H,2-3,12,14-17,19H2,1H3,(H,34,37).